The van der Waals surface area contributed by atoms with Gasteiger partial charge in [0.15, 0.2) is 0 Å². The van der Waals surface area contributed by atoms with Crippen molar-refractivity contribution >= 4 is 0 Å². The monoisotopic (exact) mass is 365 g/mol. The van der Waals surface area contributed by atoms with Crippen LogP contribution in [0.3, 0.4) is 0 Å². The summed E-state index contributed by atoms with van der Waals surface area (Å²) in [6.07, 6.45) is 5.06. The van der Waals surface area contributed by atoms with Gasteiger partial charge < -0.3 is 9.63 Å². The first-order valence-corrected chi connectivity index (χ1v) is 9.31. The van der Waals surface area contributed by atoms with Crippen LogP contribution in [0, 0.1) is 6.92 Å². The Labute approximate surface area is 158 Å². The summed E-state index contributed by atoms with van der Waals surface area (Å²) >= 11 is 0. The fourth-order valence-electron chi connectivity index (χ4n) is 3.52. The van der Waals surface area contributed by atoms with Crippen molar-refractivity contribution in [2.75, 3.05) is 13.2 Å². The van der Waals surface area contributed by atoms with E-state index in [9.17, 15) is 5.11 Å². The minimum Gasteiger partial charge on any atom is -0.395 e. The number of nitrogens with zero attached hydrogens (tertiary/aromatic N) is 5. The molecule has 7 nitrogen and oxygen atoms in total. The molecule has 7 heteroatoms. The van der Waals surface area contributed by atoms with E-state index in [1.807, 2.05) is 37.3 Å². The Morgan fingerprint density at radius 3 is 2.93 bits per heavy atom. The molecule has 27 heavy (non-hydrogen) atoms. The van der Waals surface area contributed by atoms with Crippen molar-refractivity contribution < 1.29 is 9.63 Å². The van der Waals surface area contributed by atoms with Gasteiger partial charge in [-0.25, -0.2) is 9.97 Å². The van der Waals surface area contributed by atoms with Crippen molar-refractivity contribution in [3.05, 3.63) is 48.2 Å². The third-order valence-electron chi connectivity index (χ3n) is 4.96. The number of aromatic nitrogens is 4. The van der Waals surface area contributed by atoms with Crippen LogP contribution >= 0.6 is 0 Å². The zero-order valence-electron chi connectivity index (χ0n) is 15.4. The number of hydrogen-bond donors (Lipinski definition) is 1. The molecule has 1 fully saturated rings. The minimum absolute atomic E-state index is 0.168. The quantitative estimate of drug-likeness (QED) is 0.744. The van der Waals surface area contributed by atoms with Gasteiger partial charge in [0.1, 0.15) is 5.82 Å². The van der Waals surface area contributed by atoms with Gasteiger partial charge in [0.2, 0.25) is 11.7 Å². The lowest BCUT2D eigenvalue weighted by atomic mass is 10.0. The van der Waals surface area contributed by atoms with E-state index in [4.69, 9.17) is 4.52 Å². The maximum Gasteiger partial charge on any atom is 0.241 e. The summed E-state index contributed by atoms with van der Waals surface area (Å²) in [4.78, 5) is 15.4. The summed E-state index contributed by atoms with van der Waals surface area (Å²) in [5.41, 5.74) is 2.74. The molecule has 0 unspecified atom stereocenters. The van der Waals surface area contributed by atoms with Crippen molar-refractivity contribution in [2.24, 2.45) is 0 Å². The van der Waals surface area contributed by atoms with E-state index >= 15 is 0 Å². The van der Waals surface area contributed by atoms with Gasteiger partial charge in [-0.1, -0.05) is 29.8 Å². The molecule has 1 saturated heterocycles. The van der Waals surface area contributed by atoms with E-state index < -0.39 is 0 Å². The fourth-order valence-corrected chi connectivity index (χ4v) is 3.52. The van der Waals surface area contributed by atoms with E-state index in [1.54, 1.807) is 6.20 Å². The Hall–Kier alpha value is -2.64. The van der Waals surface area contributed by atoms with Crippen LogP contribution in [0.25, 0.3) is 22.6 Å². The van der Waals surface area contributed by atoms with Gasteiger partial charge in [-0.15, -0.1) is 0 Å². The number of piperidine rings is 1. The van der Waals surface area contributed by atoms with Crippen molar-refractivity contribution in [1.82, 2.24) is 25.0 Å². The molecule has 140 valence electrons. The van der Waals surface area contributed by atoms with Gasteiger partial charge >= 0.3 is 0 Å². The molecular weight excluding hydrogens is 342 g/mol. The summed E-state index contributed by atoms with van der Waals surface area (Å²) in [5, 5.41) is 13.7. The summed E-state index contributed by atoms with van der Waals surface area (Å²) in [6.45, 7) is 3.56. The maximum absolute atomic E-state index is 9.56. The first kappa shape index (κ1) is 17.8. The summed E-state index contributed by atoms with van der Waals surface area (Å²) < 4.78 is 5.47. The molecular formula is C20H23N5O2. The van der Waals surface area contributed by atoms with Crippen LogP contribution in [-0.2, 0) is 6.54 Å². The predicted octanol–water partition coefficient (Wildman–Crippen LogP) is 2.85. The highest BCUT2D eigenvalue weighted by Gasteiger charge is 2.23. The Kier molecular flexibility index (Phi) is 5.22. The topological polar surface area (TPSA) is 88.2 Å². The Balaban J connectivity index is 1.54. The van der Waals surface area contributed by atoms with Gasteiger partial charge in [0.05, 0.1) is 18.8 Å². The second-order valence-corrected chi connectivity index (χ2v) is 6.88. The zero-order chi connectivity index (χ0) is 18.6. The Morgan fingerprint density at radius 1 is 1.19 bits per heavy atom. The highest BCUT2D eigenvalue weighted by molar-refractivity contribution is 5.67. The smallest absolute Gasteiger partial charge is 0.241 e. The molecule has 1 aliphatic rings. The van der Waals surface area contributed by atoms with Crippen molar-refractivity contribution in [3.8, 4) is 22.6 Å². The molecule has 0 radical (unpaired) electrons. The lowest BCUT2D eigenvalue weighted by Crippen LogP contribution is -2.41. The molecule has 0 spiro atoms. The number of rotatable bonds is 5. The number of benzene rings is 1. The number of aliphatic hydroxyl groups is 1. The van der Waals surface area contributed by atoms with Crippen LogP contribution in [-0.4, -0.2) is 49.3 Å². The van der Waals surface area contributed by atoms with Crippen LogP contribution in [0.1, 0.15) is 31.0 Å². The number of aliphatic hydroxyl groups excluding tert-OH is 1. The standard InChI is InChI=1S/C20H23N5O2/c1-14-21-9-8-18(22-14)15-5-4-6-16(11-15)20-23-19(27-24-20)12-25-10-3-2-7-17(25)13-26/h4-6,8-9,11,17,26H,2-3,7,10,12-13H2,1H3/t17-/m1/s1. The maximum atomic E-state index is 9.56. The van der Waals surface area contributed by atoms with E-state index in [-0.39, 0.29) is 12.6 Å². The van der Waals surface area contributed by atoms with E-state index in [2.05, 4.69) is 25.0 Å². The second kappa shape index (κ2) is 7.94. The molecule has 1 atom stereocenters. The van der Waals surface area contributed by atoms with E-state index in [0.29, 0.717) is 18.3 Å². The molecule has 0 saturated carbocycles. The SMILES string of the molecule is Cc1nccc(-c2cccc(-c3noc(CN4CCCC[C@@H]4CO)n3)c2)n1. The Bertz CT molecular complexity index is 911. The number of aryl methyl sites for hydroxylation is 1. The normalized spacial score (nSPS) is 17.9. The molecule has 0 bridgehead atoms. The molecule has 2 aromatic heterocycles. The summed E-state index contributed by atoms with van der Waals surface area (Å²) in [7, 11) is 0. The second-order valence-electron chi connectivity index (χ2n) is 6.88. The highest BCUT2D eigenvalue weighted by atomic mass is 16.5. The van der Waals surface area contributed by atoms with E-state index in [1.165, 1.54) is 0 Å². The molecule has 1 N–H and O–H groups in total. The van der Waals surface area contributed by atoms with Gasteiger partial charge in [-0.05, 0) is 38.4 Å². The van der Waals surface area contributed by atoms with Gasteiger partial charge in [-0.3, -0.25) is 4.90 Å². The van der Waals surface area contributed by atoms with Crippen LogP contribution in [0.15, 0.2) is 41.1 Å². The first-order chi connectivity index (χ1) is 13.2. The molecule has 1 aromatic carbocycles. The molecule has 0 aliphatic carbocycles. The average Bonchev–Trinajstić information content (AvgIpc) is 3.17. The summed E-state index contributed by atoms with van der Waals surface area (Å²) in [6, 6.07) is 10.0. The Morgan fingerprint density at radius 2 is 2.07 bits per heavy atom. The highest BCUT2D eigenvalue weighted by Crippen LogP contribution is 2.24. The van der Waals surface area contributed by atoms with Crippen molar-refractivity contribution in [3.63, 3.8) is 0 Å². The third-order valence-corrected chi connectivity index (χ3v) is 4.96. The minimum atomic E-state index is 0.168. The van der Waals surface area contributed by atoms with Crippen LogP contribution in [0.5, 0.6) is 0 Å². The number of hydrogen-bond acceptors (Lipinski definition) is 7. The molecule has 3 aromatic rings. The van der Waals surface area contributed by atoms with E-state index in [0.717, 1.165) is 48.5 Å². The molecule has 0 amide bonds. The fraction of sp³-hybridized carbons (Fsp3) is 0.400. The van der Waals surface area contributed by atoms with Gasteiger partial charge in [0, 0.05) is 23.4 Å². The van der Waals surface area contributed by atoms with Gasteiger partial charge in [-0.2, -0.15) is 4.98 Å². The lowest BCUT2D eigenvalue weighted by Gasteiger charge is -2.33. The first-order valence-electron chi connectivity index (χ1n) is 9.31. The molecule has 3 heterocycles. The predicted molar refractivity (Wildman–Crippen MR) is 101 cm³/mol. The zero-order valence-corrected chi connectivity index (χ0v) is 15.4. The largest absolute Gasteiger partial charge is 0.395 e. The van der Waals surface area contributed by atoms with Gasteiger partial charge in [0.25, 0.3) is 0 Å². The van der Waals surface area contributed by atoms with Crippen molar-refractivity contribution in [2.45, 2.75) is 38.8 Å². The summed E-state index contributed by atoms with van der Waals surface area (Å²) in [5.74, 6) is 1.88. The molecule has 1 aliphatic heterocycles. The average molecular weight is 365 g/mol. The number of likely N-dealkylation sites (tertiary alicyclic amines) is 1. The third kappa shape index (κ3) is 4.04. The lowest BCUT2D eigenvalue weighted by molar-refractivity contribution is 0.0749. The molecule has 4 rings (SSSR count). The van der Waals surface area contributed by atoms with Crippen LogP contribution in [0.2, 0.25) is 0 Å². The van der Waals surface area contributed by atoms with Crippen LogP contribution < -0.4 is 0 Å². The van der Waals surface area contributed by atoms with Crippen LogP contribution in [0.4, 0.5) is 0 Å². The van der Waals surface area contributed by atoms with Crippen molar-refractivity contribution in [1.29, 1.82) is 0 Å².